The molecular weight excluding hydrogens is 192 g/mol. The van der Waals surface area contributed by atoms with Gasteiger partial charge in [-0.25, -0.2) is 4.79 Å². The van der Waals surface area contributed by atoms with Crippen LogP contribution in [0.15, 0.2) is 0 Å². The van der Waals surface area contributed by atoms with E-state index in [2.05, 4.69) is 10.6 Å². The molecule has 2 aliphatic rings. The van der Waals surface area contributed by atoms with Crippen molar-refractivity contribution >= 4 is 6.09 Å². The van der Waals surface area contributed by atoms with Crippen LogP contribution in [0.1, 0.15) is 27.2 Å². The van der Waals surface area contributed by atoms with Crippen LogP contribution in [0.25, 0.3) is 0 Å². The Bertz CT molecular complexity index is 260. The van der Waals surface area contributed by atoms with Gasteiger partial charge in [0.25, 0.3) is 0 Å². The van der Waals surface area contributed by atoms with E-state index in [1.165, 1.54) is 6.42 Å². The molecule has 0 aromatic carbocycles. The van der Waals surface area contributed by atoms with Crippen LogP contribution >= 0.6 is 0 Å². The Kier molecular flexibility index (Phi) is 2.63. The van der Waals surface area contributed by atoms with Crippen molar-refractivity contribution < 1.29 is 9.53 Å². The van der Waals surface area contributed by atoms with Crippen molar-refractivity contribution in [3.63, 3.8) is 0 Å². The number of fused-ring (bicyclic) bond motifs is 1. The number of amides is 1. The fourth-order valence-electron chi connectivity index (χ4n) is 2.18. The highest BCUT2D eigenvalue weighted by Crippen LogP contribution is 2.44. The summed E-state index contributed by atoms with van der Waals surface area (Å²) >= 11 is 0. The summed E-state index contributed by atoms with van der Waals surface area (Å²) in [6.07, 6.45) is 1.02. The Morgan fingerprint density at radius 2 is 2.27 bits per heavy atom. The first-order valence-electron chi connectivity index (χ1n) is 5.66. The molecule has 1 aliphatic heterocycles. The van der Waals surface area contributed by atoms with Crippen LogP contribution in [0.2, 0.25) is 0 Å². The van der Waals surface area contributed by atoms with E-state index in [4.69, 9.17) is 4.74 Å². The Morgan fingerprint density at radius 1 is 1.53 bits per heavy atom. The number of nitrogens with one attached hydrogen (secondary N) is 2. The van der Waals surface area contributed by atoms with E-state index in [1.807, 2.05) is 20.8 Å². The molecule has 2 fully saturated rings. The van der Waals surface area contributed by atoms with Gasteiger partial charge in [-0.2, -0.15) is 0 Å². The normalized spacial score (nSPS) is 33.4. The van der Waals surface area contributed by atoms with E-state index < -0.39 is 5.60 Å². The first-order chi connectivity index (χ1) is 6.96. The lowest BCUT2D eigenvalue weighted by molar-refractivity contribution is 0.0522. The van der Waals surface area contributed by atoms with Crippen LogP contribution in [0.5, 0.6) is 0 Å². The van der Waals surface area contributed by atoms with Gasteiger partial charge in [0, 0.05) is 12.6 Å². The maximum atomic E-state index is 11.4. The van der Waals surface area contributed by atoms with E-state index in [0.717, 1.165) is 18.4 Å². The minimum absolute atomic E-state index is 0.312. The van der Waals surface area contributed by atoms with Crippen molar-refractivity contribution in [2.75, 3.05) is 13.1 Å². The zero-order chi connectivity index (χ0) is 11.1. The van der Waals surface area contributed by atoms with Gasteiger partial charge in [-0.05, 0) is 45.6 Å². The number of carbonyl (C=O) groups is 1. The second-order valence-electron chi connectivity index (χ2n) is 5.56. The Labute approximate surface area is 90.8 Å². The van der Waals surface area contributed by atoms with Gasteiger partial charge < -0.3 is 15.4 Å². The van der Waals surface area contributed by atoms with Crippen molar-refractivity contribution in [1.82, 2.24) is 10.6 Å². The molecule has 0 spiro atoms. The number of piperidine rings is 1. The zero-order valence-electron chi connectivity index (χ0n) is 9.67. The third-order valence-electron chi connectivity index (χ3n) is 3.00. The fourth-order valence-corrected chi connectivity index (χ4v) is 2.18. The van der Waals surface area contributed by atoms with Gasteiger partial charge in [-0.15, -0.1) is 0 Å². The number of alkyl carbamates (subject to hydrolysis) is 1. The van der Waals surface area contributed by atoms with Gasteiger partial charge in [-0.3, -0.25) is 0 Å². The number of ether oxygens (including phenoxy) is 1. The molecule has 1 heterocycles. The third-order valence-corrected chi connectivity index (χ3v) is 3.00. The molecule has 3 atom stereocenters. The van der Waals surface area contributed by atoms with E-state index in [1.54, 1.807) is 0 Å². The molecule has 4 heteroatoms. The highest BCUT2D eigenvalue weighted by Gasteiger charge is 2.47. The Hall–Kier alpha value is -0.770. The summed E-state index contributed by atoms with van der Waals surface area (Å²) < 4.78 is 5.17. The van der Waals surface area contributed by atoms with Crippen molar-refractivity contribution in [3.05, 3.63) is 0 Å². The van der Waals surface area contributed by atoms with Crippen LogP contribution < -0.4 is 10.6 Å². The maximum absolute atomic E-state index is 11.4. The lowest BCUT2D eigenvalue weighted by atomic mass is 10.2. The summed E-state index contributed by atoms with van der Waals surface area (Å²) in [6, 6.07) is 0.461. The van der Waals surface area contributed by atoms with Crippen LogP contribution in [-0.4, -0.2) is 30.8 Å². The number of carbonyl (C=O) groups excluding carboxylic acids is 1. The van der Waals surface area contributed by atoms with Crippen LogP contribution in [0.4, 0.5) is 4.79 Å². The molecule has 0 unspecified atom stereocenters. The van der Waals surface area contributed by atoms with E-state index in [9.17, 15) is 4.79 Å². The zero-order valence-corrected chi connectivity index (χ0v) is 9.67. The first kappa shape index (κ1) is 10.7. The SMILES string of the molecule is CC(C)(C)OC(=O)NC[C@H]1NC[C@H]2C[C@@H]21. The van der Waals surface area contributed by atoms with Gasteiger partial charge in [-0.1, -0.05) is 0 Å². The molecule has 0 aromatic rings. The predicted molar refractivity (Wildman–Crippen MR) is 57.6 cm³/mol. The van der Waals surface area contributed by atoms with Crippen molar-refractivity contribution in [2.45, 2.75) is 38.8 Å². The molecule has 2 rings (SSSR count). The first-order valence-corrected chi connectivity index (χ1v) is 5.66. The molecule has 0 bridgehead atoms. The number of rotatable bonds is 2. The number of hydrogen-bond acceptors (Lipinski definition) is 3. The average molecular weight is 212 g/mol. The van der Waals surface area contributed by atoms with E-state index in [0.29, 0.717) is 12.6 Å². The summed E-state index contributed by atoms with van der Waals surface area (Å²) in [6.45, 7) is 7.42. The highest BCUT2D eigenvalue weighted by atomic mass is 16.6. The highest BCUT2D eigenvalue weighted by molar-refractivity contribution is 5.67. The molecule has 1 saturated carbocycles. The van der Waals surface area contributed by atoms with Crippen LogP contribution in [-0.2, 0) is 4.74 Å². The molecule has 4 nitrogen and oxygen atoms in total. The molecule has 1 amide bonds. The van der Waals surface area contributed by atoms with Crippen molar-refractivity contribution in [3.8, 4) is 0 Å². The lowest BCUT2D eigenvalue weighted by Crippen LogP contribution is -2.41. The second kappa shape index (κ2) is 3.67. The van der Waals surface area contributed by atoms with E-state index in [-0.39, 0.29) is 6.09 Å². The Balaban J connectivity index is 1.67. The molecule has 1 aliphatic carbocycles. The molecule has 0 aromatic heterocycles. The monoisotopic (exact) mass is 212 g/mol. The molecule has 2 N–H and O–H groups in total. The average Bonchev–Trinajstić information content (AvgIpc) is 2.74. The molecular formula is C11H20N2O2. The molecule has 1 saturated heterocycles. The summed E-state index contributed by atoms with van der Waals surface area (Å²) in [5, 5.41) is 6.22. The third kappa shape index (κ3) is 2.84. The molecule has 86 valence electrons. The lowest BCUT2D eigenvalue weighted by Gasteiger charge is -2.21. The predicted octanol–water partition coefficient (Wildman–Crippen LogP) is 1.12. The largest absolute Gasteiger partial charge is 0.444 e. The molecule has 0 radical (unpaired) electrons. The Morgan fingerprint density at radius 3 is 2.73 bits per heavy atom. The van der Waals surface area contributed by atoms with Crippen LogP contribution in [0, 0.1) is 11.8 Å². The van der Waals surface area contributed by atoms with Crippen molar-refractivity contribution in [1.29, 1.82) is 0 Å². The smallest absolute Gasteiger partial charge is 0.407 e. The standard InChI is InChI=1S/C11H20N2O2/c1-11(2,3)15-10(14)13-6-9-8-4-7(8)5-12-9/h7-9,12H,4-6H2,1-3H3,(H,13,14)/t7-,8+,9-/m1/s1. The number of hydrogen-bond donors (Lipinski definition) is 2. The van der Waals surface area contributed by atoms with Gasteiger partial charge in [0.05, 0.1) is 0 Å². The second-order valence-corrected chi connectivity index (χ2v) is 5.56. The quantitative estimate of drug-likeness (QED) is 0.721. The van der Waals surface area contributed by atoms with Gasteiger partial charge >= 0.3 is 6.09 Å². The topological polar surface area (TPSA) is 50.4 Å². The fraction of sp³-hybridized carbons (Fsp3) is 0.909. The minimum Gasteiger partial charge on any atom is -0.444 e. The maximum Gasteiger partial charge on any atom is 0.407 e. The summed E-state index contributed by atoms with van der Waals surface area (Å²) in [5.41, 5.74) is -0.407. The summed E-state index contributed by atoms with van der Waals surface area (Å²) in [7, 11) is 0. The summed E-state index contributed by atoms with van der Waals surface area (Å²) in [5.74, 6) is 1.66. The minimum atomic E-state index is -0.407. The van der Waals surface area contributed by atoms with Gasteiger partial charge in [0.2, 0.25) is 0 Å². The molecule has 15 heavy (non-hydrogen) atoms. The van der Waals surface area contributed by atoms with Crippen molar-refractivity contribution in [2.24, 2.45) is 11.8 Å². The van der Waals surface area contributed by atoms with Gasteiger partial charge in [0.15, 0.2) is 0 Å². The van der Waals surface area contributed by atoms with Crippen LogP contribution in [0.3, 0.4) is 0 Å². The summed E-state index contributed by atoms with van der Waals surface area (Å²) in [4.78, 5) is 11.4. The van der Waals surface area contributed by atoms with Gasteiger partial charge in [0.1, 0.15) is 5.60 Å². The van der Waals surface area contributed by atoms with E-state index >= 15 is 0 Å².